The molecule has 0 aliphatic carbocycles. The molecule has 0 aliphatic heterocycles. The van der Waals surface area contributed by atoms with E-state index >= 15 is 0 Å². The molecule has 0 bridgehead atoms. The summed E-state index contributed by atoms with van der Waals surface area (Å²) in [7, 11) is 0. The fraction of sp³-hybridized carbons (Fsp3) is 0.370. The zero-order chi connectivity index (χ0) is 29.8. The van der Waals surface area contributed by atoms with Crippen molar-refractivity contribution in [1.29, 1.82) is 0 Å². The van der Waals surface area contributed by atoms with E-state index < -0.39 is 72.8 Å². The maximum absolute atomic E-state index is 13.3. The number of nitrogens with two attached hydrogens (primary N) is 1. The summed E-state index contributed by atoms with van der Waals surface area (Å²) in [5.41, 5.74) is 7.40. The van der Waals surface area contributed by atoms with Crippen molar-refractivity contribution < 1.29 is 44.4 Å². The Bertz CT molecular complexity index is 1170. The van der Waals surface area contributed by atoms with Crippen molar-refractivity contribution in [3.05, 3.63) is 65.7 Å². The normalized spacial score (nSPS) is 14.6. The lowest BCUT2D eigenvalue weighted by Crippen LogP contribution is -2.58. The molecule has 13 nitrogen and oxygen atoms in total. The molecule has 2 rings (SSSR count). The molecule has 0 fully saturated rings. The van der Waals surface area contributed by atoms with Gasteiger partial charge < -0.3 is 42.1 Å². The van der Waals surface area contributed by atoms with Crippen molar-refractivity contribution in [2.75, 3.05) is 0 Å². The van der Waals surface area contributed by atoms with Crippen LogP contribution in [0.25, 0.3) is 0 Å². The number of hydrogen-bond acceptors (Lipinski definition) is 8. The van der Waals surface area contributed by atoms with Gasteiger partial charge in [-0.05, 0) is 43.0 Å². The molecule has 0 saturated carbocycles. The minimum Gasteiger partial charge on any atom is -0.508 e. The monoisotopic (exact) mass is 558 g/mol. The minimum atomic E-state index is -1.71. The molecule has 40 heavy (non-hydrogen) atoms. The first-order valence-electron chi connectivity index (χ1n) is 12.5. The van der Waals surface area contributed by atoms with Gasteiger partial charge in [0.1, 0.15) is 17.8 Å². The van der Waals surface area contributed by atoms with Crippen LogP contribution in [-0.4, -0.2) is 80.4 Å². The van der Waals surface area contributed by atoms with Gasteiger partial charge in [0.2, 0.25) is 17.7 Å². The number of benzene rings is 2. The molecular formula is C27H34N4O9. The first-order valence-corrected chi connectivity index (χ1v) is 12.5. The number of carboxylic acid groups (broad SMARTS) is 2. The Kier molecular flexibility index (Phi) is 12.0. The van der Waals surface area contributed by atoms with Crippen molar-refractivity contribution in [2.24, 2.45) is 5.73 Å². The number of rotatable bonds is 15. The van der Waals surface area contributed by atoms with E-state index in [1.807, 2.05) is 6.07 Å². The number of aliphatic hydroxyl groups is 1. The highest BCUT2D eigenvalue weighted by molar-refractivity contribution is 5.94. The number of aromatic hydroxyl groups is 1. The minimum absolute atomic E-state index is 0.0184. The molecule has 0 heterocycles. The molecule has 0 saturated heterocycles. The van der Waals surface area contributed by atoms with Gasteiger partial charge in [0.25, 0.3) is 0 Å². The highest BCUT2D eigenvalue weighted by Gasteiger charge is 2.32. The first kappa shape index (κ1) is 31.7. The standard InChI is InChI=1S/C27H34N4O9/c1-15(32)23(27(39)40)31-25(37)20(11-12-22(34)35)29-26(38)21(14-17-7-9-18(33)10-8-17)30-24(36)19(28)13-16-5-3-2-4-6-16/h2-10,15,19-21,23,32-33H,11-14,28H2,1H3,(H,29,38)(H,30,36)(H,31,37)(H,34,35)(H,39,40). The molecule has 0 aliphatic rings. The van der Waals surface area contributed by atoms with Crippen LogP contribution in [0.4, 0.5) is 0 Å². The lowest BCUT2D eigenvalue weighted by molar-refractivity contribution is -0.145. The topological polar surface area (TPSA) is 228 Å². The maximum Gasteiger partial charge on any atom is 0.328 e. The maximum atomic E-state index is 13.3. The highest BCUT2D eigenvalue weighted by Crippen LogP contribution is 2.12. The number of phenols is 1. The second-order valence-corrected chi connectivity index (χ2v) is 9.29. The number of aliphatic hydroxyl groups excluding tert-OH is 1. The number of nitrogens with one attached hydrogen (secondary N) is 3. The predicted molar refractivity (Wildman–Crippen MR) is 142 cm³/mol. The molecule has 216 valence electrons. The first-order chi connectivity index (χ1) is 18.9. The van der Waals surface area contributed by atoms with Crippen molar-refractivity contribution in [3.8, 4) is 5.75 Å². The summed E-state index contributed by atoms with van der Waals surface area (Å²) in [6.07, 6.45) is -2.31. The lowest BCUT2D eigenvalue weighted by Gasteiger charge is -2.25. The van der Waals surface area contributed by atoms with Crippen molar-refractivity contribution in [1.82, 2.24) is 16.0 Å². The fourth-order valence-electron chi connectivity index (χ4n) is 3.77. The second-order valence-electron chi connectivity index (χ2n) is 9.29. The molecule has 2 aromatic rings. The van der Waals surface area contributed by atoms with Crippen molar-refractivity contribution in [2.45, 2.75) is 62.9 Å². The average Bonchev–Trinajstić information content (AvgIpc) is 2.90. The Morgan fingerprint density at radius 3 is 1.88 bits per heavy atom. The van der Waals surface area contributed by atoms with Crippen LogP contribution < -0.4 is 21.7 Å². The van der Waals surface area contributed by atoms with Crippen LogP contribution >= 0.6 is 0 Å². The van der Waals surface area contributed by atoms with Crippen LogP contribution in [0.2, 0.25) is 0 Å². The van der Waals surface area contributed by atoms with Crippen LogP contribution in [0, 0.1) is 0 Å². The van der Waals surface area contributed by atoms with E-state index in [9.17, 15) is 39.3 Å². The largest absolute Gasteiger partial charge is 0.508 e. The Morgan fingerprint density at radius 1 is 0.775 bits per heavy atom. The smallest absolute Gasteiger partial charge is 0.328 e. The Labute approximate surface area is 230 Å². The molecule has 0 radical (unpaired) electrons. The summed E-state index contributed by atoms with van der Waals surface area (Å²) < 4.78 is 0. The quantitative estimate of drug-likeness (QED) is 0.137. The fourth-order valence-corrected chi connectivity index (χ4v) is 3.77. The van der Waals surface area contributed by atoms with Crippen LogP contribution in [0.5, 0.6) is 5.75 Å². The molecule has 0 aromatic heterocycles. The number of hydrogen-bond donors (Lipinski definition) is 8. The SMILES string of the molecule is CC(O)C(NC(=O)C(CCC(=O)O)NC(=O)C(Cc1ccc(O)cc1)NC(=O)C(N)Cc1ccccc1)C(=O)O. The zero-order valence-corrected chi connectivity index (χ0v) is 21.8. The third kappa shape index (κ3) is 10.3. The van der Waals surface area contributed by atoms with E-state index in [0.29, 0.717) is 5.56 Å². The lowest BCUT2D eigenvalue weighted by atomic mass is 10.0. The van der Waals surface area contributed by atoms with Gasteiger partial charge in [0.15, 0.2) is 6.04 Å². The van der Waals surface area contributed by atoms with Crippen molar-refractivity contribution in [3.63, 3.8) is 0 Å². The third-order valence-electron chi connectivity index (χ3n) is 5.97. The van der Waals surface area contributed by atoms with Gasteiger partial charge >= 0.3 is 11.9 Å². The summed E-state index contributed by atoms with van der Waals surface area (Å²) >= 11 is 0. The Morgan fingerprint density at radius 2 is 1.32 bits per heavy atom. The number of aliphatic carboxylic acids is 2. The number of phenolic OH excluding ortho intramolecular Hbond substituents is 1. The number of carboxylic acids is 2. The van der Waals surface area contributed by atoms with E-state index in [2.05, 4.69) is 16.0 Å². The van der Waals surface area contributed by atoms with Gasteiger partial charge in [-0.2, -0.15) is 0 Å². The van der Waals surface area contributed by atoms with Crippen LogP contribution in [0.15, 0.2) is 54.6 Å². The Balaban J connectivity index is 2.25. The summed E-state index contributed by atoms with van der Waals surface area (Å²) in [6.45, 7) is 1.14. The van der Waals surface area contributed by atoms with E-state index in [0.717, 1.165) is 12.5 Å². The summed E-state index contributed by atoms with van der Waals surface area (Å²) in [4.78, 5) is 61.7. The van der Waals surface area contributed by atoms with Crippen molar-refractivity contribution >= 4 is 29.7 Å². The molecule has 5 atom stereocenters. The molecule has 9 N–H and O–H groups in total. The summed E-state index contributed by atoms with van der Waals surface area (Å²) in [6, 6.07) is 9.29. The van der Waals surface area contributed by atoms with E-state index in [-0.39, 0.29) is 18.6 Å². The number of carbonyl (C=O) groups is 5. The molecular weight excluding hydrogens is 524 g/mol. The van der Waals surface area contributed by atoms with E-state index in [4.69, 9.17) is 10.8 Å². The Hall–Kier alpha value is -4.49. The van der Waals surface area contributed by atoms with Gasteiger partial charge in [-0.3, -0.25) is 19.2 Å². The molecule has 13 heteroatoms. The molecule has 5 unspecified atom stereocenters. The third-order valence-corrected chi connectivity index (χ3v) is 5.97. The summed E-state index contributed by atoms with van der Waals surface area (Å²) in [5, 5.41) is 44.7. The van der Waals surface area contributed by atoms with Gasteiger partial charge in [0.05, 0.1) is 12.1 Å². The van der Waals surface area contributed by atoms with Crippen LogP contribution in [-0.2, 0) is 36.8 Å². The average molecular weight is 559 g/mol. The molecule has 2 aromatic carbocycles. The van der Waals surface area contributed by atoms with E-state index in [1.165, 1.54) is 24.3 Å². The number of carbonyl (C=O) groups excluding carboxylic acids is 3. The highest BCUT2D eigenvalue weighted by atomic mass is 16.4. The molecule has 3 amide bonds. The summed E-state index contributed by atoms with van der Waals surface area (Å²) in [5.74, 6) is -5.36. The van der Waals surface area contributed by atoms with Gasteiger partial charge in [-0.1, -0.05) is 42.5 Å². The molecule has 0 spiro atoms. The number of amides is 3. The van der Waals surface area contributed by atoms with E-state index in [1.54, 1.807) is 24.3 Å². The van der Waals surface area contributed by atoms with Gasteiger partial charge in [-0.25, -0.2) is 4.79 Å². The van der Waals surface area contributed by atoms with Gasteiger partial charge in [0, 0.05) is 12.8 Å². The predicted octanol–water partition coefficient (Wildman–Crippen LogP) is -0.711. The second kappa shape index (κ2) is 15.2. The van der Waals surface area contributed by atoms with Crippen LogP contribution in [0.3, 0.4) is 0 Å². The van der Waals surface area contributed by atoms with Gasteiger partial charge in [-0.15, -0.1) is 0 Å². The van der Waals surface area contributed by atoms with Crippen LogP contribution in [0.1, 0.15) is 30.9 Å². The zero-order valence-electron chi connectivity index (χ0n) is 21.8.